The third-order valence-electron chi connectivity index (χ3n) is 2.25. The highest BCUT2D eigenvalue weighted by atomic mass is 35.5. The van der Waals surface area contributed by atoms with Crippen LogP contribution in [0.25, 0.3) is 5.69 Å². The van der Waals surface area contributed by atoms with Crippen LogP contribution in [0.4, 0.5) is 5.69 Å². The number of benzene rings is 1. The van der Waals surface area contributed by atoms with Gasteiger partial charge in [-0.2, -0.15) is 0 Å². The number of aromatic nitrogens is 2. The van der Waals surface area contributed by atoms with E-state index in [9.17, 15) is 4.79 Å². The molecule has 1 aromatic heterocycles. The van der Waals surface area contributed by atoms with Gasteiger partial charge in [0.05, 0.1) is 29.7 Å². The summed E-state index contributed by atoms with van der Waals surface area (Å²) in [6, 6.07) is 3.09. The van der Waals surface area contributed by atoms with Crippen molar-refractivity contribution in [3.8, 4) is 5.69 Å². The predicted octanol–water partition coefficient (Wildman–Crippen LogP) is 1.89. The zero-order chi connectivity index (χ0) is 12.4. The summed E-state index contributed by atoms with van der Waals surface area (Å²) in [6.45, 7) is 0. The average Bonchev–Trinajstić information content (AvgIpc) is 2.80. The lowest BCUT2D eigenvalue weighted by molar-refractivity contribution is 0.0601. The van der Waals surface area contributed by atoms with E-state index < -0.39 is 5.97 Å². The second kappa shape index (κ2) is 4.47. The molecule has 0 saturated heterocycles. The van der Waals surface area contributed by atoms with Crippen molar-refractivity contribution in [2.24, 2.45) is 0 Å². The van der Waals surface area contributed by atoms with E-state index in [2.05, 4.69) is 4.98 Å². The molecule has 88 valence electrons. The fourth-order valence-electron chi connectivity index (χ4n) is 1.54. The quantitative estimate of drug-likeness (QED) is 0.654. The van der Waals surface area contributed by atoms with E-state index in [1.54, 1.807) is 29.4 Å². The number of nitrogen functional groups attached to an aromatic ring is 1. The van der Waals surface area contributed by atoms with Crippen molar-refractivity contribution in [1.82, 2.24) is 9.55 Å². The third kappa shape index (κ3) is 2.09. The number of imidazole rings is 1. The molecule has 0 aliphatic carbocycles. The molecule has 0 fully saturated rings. The predicted molar refractivity (Wildman–Crippen MR) is 64.3 cm³/mol. The van der Waals surface area contributed by atoms with E-state index in [0.29, 0.717) is 22.0 Å². The minimum absolute atomic E-state index is 0.301. The molecule has 2 rings (SSSR count). The molecule has 0 spiro atoms. The molecule has 17 heavy (non-hydrogen) atoms. The van der Waals surface area contributed by atoms with Crippen LogP contribution in [0.5, 0.6) is 0 Å². The molecule has 0 bridgehead atoms. The molecule has 6 heteroatoms. The van der Waals surface area contributed by atoms with Gasteiger partial charge in [-0.25, -0.2) is 9.78 Å². The Balaban J connectivity index is 2.68. The minimum Gasteiger partial charge on any atom is -0.465 e. The number of esters is 1. The number of methoxy groups -OCH3 is 1. The van der Waals surface area contributed by atoms with Crippen molar-refractivity contribution < 1.29 is 9.53 Å². The van der Waals surface area contributed by atoms with Gasteiger partial charge in [0, 0.05) is 18.1 Å². The minimum atomic E-state index is -0.497. The van der Waals surface area contributed by atoms with Crippen LogP contribution in [0, 0.1) is 0 Å². The summed E-state index contributed by atoms with van der Waals surface area (Å²) in [7, 11) is 1.30. The third-order valence-corrected chi connectivity index (χ3v) is 2.54. The Labute approximate surface area is 103 Å². The van der Waals surface area contributed by atoms with E-state index >= 15 is 0 Å². The van der Waals surface area contributed by atoms with Crippen LogP contribution in [0.1, 0.15) is 10.4 Å². The number of nitrogens with zero attached hydrogens (tertiary/aromatic N) is 2. The summed E-state index contributed by atoms with van der Waals surface area (Å²) in [6.07, 6.45) is 4.82. The first-order valence-electron chi connectivity index (χ1n) is 4.79. The Hall–Kier alpha value is -2.01. The second-order valence-electron chi connectivity index (χ2n) is 3.36. The molecular formula is C11H10ClN3O2. The molecular weight excluding hydrogens is 242 g/mol. The summed E-state index contributed by atoms with van der Waals surface area (Å²) in [5.41, 5.74) is 6.87. The SMILES string of the molecule is COC(=O)c1cc(N)cc(Cl)c1-n1ccnc1. The first-order valence-corrected chi connectivity index (χ1v) is 5.17. The Kier molecular flexibility index (Phi) is 3.01. The van der Waals surface area contributed by atoms with E-state index in [1.807, 2.05) is 0 Å². The number of nitrogens with two attached hydrogens (primary N) is 1. The number of carbonyl (C=O) groups excluding carboxylic acids is 1. The van der Waals surface area contributed by atoms with Crippen molar-refractivity contribution >= 4 is 23.3 Å². The maximum absolute atomic E-state index is 11.7. The Morgan fingerprint density at radius 2 is 2.29 bits per heavy atom. The summed E-state index contributed by atoms with van der Waals surface area (Å²) < 4.78 is 6.33. The summed E-state index contributed by atoms with van der Waals surface area (Å²) in [4.78, 5) is 15.6. The molecule has 0 amide bonds. The Bertz CT molecular complexity index is 552. The molecule has 0 aliphatic rings. The molecule has 0 atom stereocenters. The maximum atomic E-state index is 11.7. The van der Waals surface area contributed by atoms with Crippen LogP contribution < -0.4 is 5.73 Å². The van der Waals surface area contributed by atoms with Crippen molar-refractivity contribution in [3.63, 3.8) is 0 Å². The van der Waals surface area contributed by atoms with E-state index in [-0.39, 0.29) is 0 Å². The van der Waals surface area contributed by atoms with Gasteiger partial charge in [-0.1, -0.05) is 11.6 Å². The van der Waals surface area contributed by atoms with Gasteiger partial charge in [0.15, 0.2) is 0 Å². The summed E-state index contributed by atoms with van der Waals surface area (Å²) >= 11 is 6.09. The van der Waals surface area contributed by atoms with Crippen LogP contribution >= 0.6 is 11.6 Å². The number of anilines is 1. The monoisotopic (exact) mass is 251 g/mol. The largest absolute Gasteiger partial charge is 0.465 e. The number of ether oxygens (including phenoxy) is 1. The smallest absolute Gasteiger partial charge is 0.340 e. The highest BCUT2D eigenvalue weighted by Gasteiger charge is 2.17. The van der Waals surface area contributed by atoms with Gasteiger partial charge >= 0.3 is 5.97 Å². The molecule has 0 aliphatic heterocycles. The summed E-state index contributed by atoms with van der Waals surface area (Å²) in [5.74, 6) is -0.497. The first-order chi connectivity index (χ1) is 8.13. The van der Waals surface area contributed by atoms with E-state index in [0.717, 1.165) is 0 Å². The van der Waals surface area contributed by atoms with Crippen LogP contribution in [-0.4, -0.2) is 22.6 Å². The fraction of sp³-hybridized carbons (Fsp3) is 0.0909. The van der Waals surface area contributed by atoms with Crippen LogP contribution in [0.3, 0.4) is 0 Å². The highest BCUT2D eigenvalue weighted by molar-refractivity contribution is 6.33. The topological polar surface area (TPSA) is 70.1 Å². The number of carbonyl (C=O) groups is 1. The van der Waals surface area contributed by atoms with E-state index in [1.165, 1.54) is 13.2 Å². The van der Waals surface area contributed by atoms with Crippen molar-refractivity contribution in [2.45, 2.75) is 0 Å². The number of halogens is 1. The van der Waals surface area contributed by atoms with Crippen LogP contribution in [-0.2, 0) is 4.74 Å². The van der Waals surface area contributed by atoms with Gasteiger partial charge in [0.25, 0.3) is 0 Å². The molecule has 0 saturated carbocycles. The molecule has 1 aromatic carbocycles. The lowest BCUT2D eigenvalue weighted by Crippen LogP contribution is -2.08. The van der Waals surface area contributed by atoms with E-state index in [4.69, 9.17) is 22.1 Å². The molecule has 2 N–H and O–H groups in total. The molecule has 0 radical (unpaired) electrons. The fourth-order valence-corrected chi connectivity index (χ4v) is 1.86. The Morgan fingerprint density at radius 3 is 2.88 bits per heavy atom. The van der Waals surface area contributed by atoms with Gasteiger partial charge in [-0.15, -0.1) is 0 Å². The number of hydrogen-bond donors (Lipinski definition) is 1. The van der Waals surface area contributed by atoms with Gasteiger partial charge in [-0.3, -0.25) is 0 Å². The second-order valence-corrected chi connectivity index (χ2v) is 3.77. The maximum Gasteiger partial charge on any atom is 0.340 e. The van der Waals surface area contributed by atoms with Crippen LogP contribution in [0.2, 0.25) is 5.02 Å². The molecule has 1 heterocycles. The standard InChI is InChI=1S/C11H10ClN3O2/c1-17-11(16)8-4-7(13)5-9(12)10(8)15-3-2-14-6-15/h2-6H,13H2,1H3. The van der Waals surface area contributed by atoms with Crippen molar-refractivity contribution in [1.29, 1.82) is 0 Å². The molecule has 0 unspecified atom stereocenters. The Morgan fingerprint density at radius 1 is 1.53 bits per heavy atom. The van der Waals surface area contributed by atoms with Gasteiger partial charge in [0.2, 0.25) is 0 Å². The molecule has 2 aromatic rings. The molecule has 5 nitrogen and oxygen atoms in total. The lowest BCUT2D eigenvalue weighted by Gasteiger charge is -2.11. The number of hydrogen-bond acceptors (Lipinski definition) is 4. The van der Waals surface area contributed by atoms with Crippen molar-refractivity contribution in [3.05, 3.63) is 41.4 Å². The summed E-state index contributed by atoms with van der Waals surface area (Å²) in [5, 5.41) is 0.364. The zero-order valence-electron chi connectivity index (χ0n) is 9.05. The average molecular weight is 252 g/mol. The van der Waals surface area contributed by atoms with Gasteiger partial charge in [0.1, 0.15) is 0 Å². The number of rotatable bonds is 2. The normalized spacial score (nSPS) is 10.2. The lowest BCUT2D eigenvalue weighted by atomic mass is 10.1. The van der Waals surface area contributed by atoms with Gasteiger partial charge < -0.3 is 15.0 Å². The highest BCUT2D eigenvalue weighted by Crippen LogP contribution is 2.28. The first kappa shape index (κ1) is 11.5. The van der Waals surface area contributed by atoms with Crippen molar-refractivity contribution in [2.75, 3.05) is 12.8 Å². The van der Waals surface area contributed by atoms with Gasteiger partial charge in [-0.05, 0) is 12.1 Å². The zero-order valence-corrected chi connectivity index (χ0v) is 9.81. The van der Waals surface area contributed by atoms with Crippen LogP contribution in [0.15, 0.2) is 30.9 Å².